The molecule has 0 atom stereocenters. The molecule has 0 saturated heterocycles. The van der Waals surface area contributed by atoms with Crippen molar-refractivity contribution in [2.24, 2.45) is 0 Å². The van der Waals surface area contributed by atoms with Gasteiger partial charge in [-0.15, -0.1) is 0 Å². The van der Waals surface area contributed by atoms with Crippen LogP contribution in [0.3, 0.4) is 0 Å². The lowest BCUT2D eigenvalue weighted by Crippen LogP contribution is -2.16. The smallest absolute Gasteiger partial charge is 0.275 e. The molecular formula is C21H17ClN4O. The van der Waals surface area contributed by atoms with Crippen molar-refractivity contribution in [2.45, 2.75) is 13.8 Å². The van der Waals surface area contributed by atoms with E-state index in [4.69, 9.17) is 16.6 Å². The van der Waals surface area contributed by atoms with Crippen molar-refractivity contribution in [1.29, 1.82) is 0 Å². The molecule has 3 heterocycles. The van der Waals surface area contributed by atoms with E-state index in [1.165, 1.54) is 0 Å². The summed E-state index contributed by atoms with van der Waals surface area (Å²) in [7, 11) is 0. The second-order valence-corrected chi connectivity index (χ2v) is 6.76. The Labute approximate surface area is 161 Å². The van der Waals surface area contributed by atoms with Gasteiger partial charge < -0.3 is 5.32 Å². The van der Waals surface area contributed by atoms with E-state index in [0.717, 1.165) is 16.7 Å². The number of hydrogen-bond donors (Lipinski definition) is 1. The van der Waals surface area contributed by atoms with E-state index in [1.54, 1.807) is 18.3 Å². The molecule has 0 aliphatic rings. The van der Waals surface area contributed by atoms with E-state index >= 15 is 0 Å². The molecule has 27 heavy (non-hydrogen) atoms. The van der Waals surface area contributed by atoms with Crippen LogP contribution in [0.5, 0.6) is 0 Å². The molecule has 0 saturated carbocycles. The van der Waals surface area contributed by atoms with Gasteiger partial charge in [0, 0.05) is 18.0 Å². The van der Waals surface area contributed by atoms with Gasteiger partial charge in [-0.25, -0.2) is 9.97 Å². The third-order valence-electron chi connectivity index (χ3n) is 4.31. The van der Waals surface area contributed by atoms with Crippen molar-refractivity contribution in [1.82, 2.24) is 14.4 Å². The Hall–Kier alpha value is -3.18. The Bertz CT molecular complexity index is 1150. The standard InChI is InChI=1S/C21H17ClN4O/c1-13-5-8-15(9-6-13)18-19(26-12-14(2)7-10-17(26)25-18)21(27)24-16-4-3-11-23-20(16)22/h3-12H,1-2H3,(H,24,27). The molecule has 1 amide bonds. The lowest BCUT2D eigenvalue weighted by atomic mass is 10.1. The maximum atomic E-state index is 13.2. The van der Waals surface area contributed by atoms with Gasteiger partial charge in [0.15, 0.2) is 5.15 Å². The van der Waals surface area contributed by atoms with Crippen molar-refractivity contribution >= 4 is 28.8 Å². The maximum Gasteiger partial charge on any atom is 0.275 e. The van der Waals surface area contributed by atoms with E-state index in [0.29, 0.717) is 22.7 Å². The van der Waals surface area contributed by atoms with Crippen LogP contribution in [0.25, 0.3) is 16.9 Å². The van der Waals surface area contributed by atoms with Crippen LogP contribution in [0, 0.1) is 13.8 Å². The highest BCUT2D eigenvalue weighted by Gasteiger charge is 2.21. The minimum Gasteiger partial charge on any atom is -0.318 e. The zero-order chi connectivity index (χ0) is 19.0. The first-order chi connectivity index (χ1) is 13.0. The predicted molar refractivity (Wildman–Crippen MR) is 107 cm³/mol. The van der Waals surface area contributed by atoms with Gasteiger partial charge in [-0.1, -0.05) is 47.5 Å². The van der Waals surface area contributed by atoms with Crippen LogP contribution in [0.1, 0.15) is 21.6 Å². The number of anilines is 1. The normalized spacial score (nSPS) is 10.9. The molecule has 0 unspecified atom stereocenters. The molecule has 0 aliphatic heterocycles. The van der Waals surface area contributed by atoms with Gasteiger partial charge in [0.05, 0.1) is 5.69 Å². The van der Waals surface area contributed by atoms with Gasteiger partial charge in [-0.3, -0.25) is 9.20 Å². The monoisotopic (exact) mass is 376 g/mol. The molecule has 4 rings (SSSR count). The van der Waals surface area contributed by atoms with Crippen molar-refractivity contribution in [3.8, 4) is 11.3 Å². The SMILES string of the molecule is Cc1ccc(-c2nc3ccc(C)cn3c2C(=O)Nc2cccnc2Cl)cc1. The van der Waals surface area contributed by atoms with Gasteiger partial charge in [-0.05, 0) is 37.6 Å². The van der Waals surface area contributed by atoms with E-state index in [1.807, 2.05) is 60.8 Å². The summed E-state index contributed by atoms with van der Waals surface area (Å²) < 4.78 is 1.81. The second kappa shape index (κ2) is 6.85. The number of halogens is 1. The fourth-order valence-corrected chi connectivity index (χ4v) is 3.11. The van der Waals surface area contributed by atoms with E-state index < -0.39 is 0 Å². The van der Waals surface area contributed by atoms with Crippen LogP contribution >= 0.6 is 11.6 Å². The summed E-state index contributed by atoms with van der Waals surface area (Å²) in [5.74, 6) is -0.293. The number of fused-ring (bicyclic) bond motifs is 1. The van der Waals surface area contributed by atoms with Crippen molar-refractivity contribution in [3.05, 3.63) is 82.9 Å². The lowest BCUT2D eigenvalue weighted by molar-refractivity contribution is 0.102. The molecule has 0 spiro atoms. The third-order valence-corrected chi connectivity index (χ3v) is 4.61. The molecule has 0 aliphatic carbocycles. The fourth-order valence-electron chi connectivity index (χ4n) is 2.94. The van der Waals surface area contributed by atoms with Gasteiger partial charge in [-0.2, -0.15) is 0 Å². The molecular weight excluding hydrogens is 360 g/mol. The number of pyridine rings is 2. The maximum absolute atomic E-state index is 13.2. The molecule has 0 radical (unpaired) electrons. The highest BCUT2D eigenvalue weighted by Crippen LogP contribution is 2.27. The van der Waals surface area contributed by atoms with Crippen molar-refractivity contribution in [2.75, 3.05) is 5.32 Å². The highest BCUT2D eigenvalue weighted by atomic mass is 35.5. The number of hydrogen-bond acceptors (Lipinski definition) is 3. The number of nitrogens with one attached hydrogen (secondary N) is 1. The molecule has 1 aromatic carbocycles. The average Bonchev–Trinajstić information content (AvgIpc) is 3.03. The van der Waals surface area contributed by atoms with Crippen LogP contribution < -0.4 is 5.32 Å². The van der Waals surface area contributed by atoms with Gasteiger partial charge in [0.25, 0.3) is 5.91 Å². The predicted octanol–water partition coefficient (Wildman–Crippen LogP) is 4.92. The molecule has 6 heteroatoms. The fraction of sp³-hybridized carbons (Fsp3) is 0.0952. The number of nitrogens with zero attached hydrogens (tertiary/aromatic N) is 3. The number of carbonyl (C=O) groups excluding carboxylic acids is 1. The van der Waals surface area contributed by atoms with Crippen LogP contribution in [-0.4, -0.2) is 20.3 Å². The van der Waals surface area contributed by atoms with Gasteiger partial charge in [0.1, 0.15) is 17.0 Å². The third kappa shape index (κ3) is 3.29. The van der Waals surface area contributed by atoms with Crippen LogP contribution in [0.4, 0.5) is 5.69 Å². The quantitative estimate of drug-likeness (QED) is 0.516. The summed E-state index contributed by atoms with van der Waals surface area (Å²) in [6.07, 6.45) is 3.48. The summed E-state index contributed by atoms with van der Waals surface area (Å²) >= 11 is 6.10. The van der Waals surface area contributed by atoms with Crippen molar-refractivity contribution in [3.63, 3.8) is 0 Å². The van der Waals surface area contributed by atoms with E-state index in [9.17, 15) is 4.79 Å². The summed E-state index contributed by atoms with van der Waals surface area (Å²) in [6.45, 7) is 4.00. The number of aromatic nitrogens is 3. The first-order valence-corrected chi connectivity index (χ1v) is 8.88. The number of carbonyl (C=O) groups is 1. The average molecular weight is 377 g/mol. The Morgan fingerprint density at radius 3 is 2.52 bits per heavy atom. The summed E-state index contributed by atoms with van der Waals surface area (Å²) in [4.78, 5) is 21.9. The number of aryl methyl sites for hydroxylation is 2. The molecule has 0 bridgehead atoms. The highest BCUT2D eigenvalue weighted by molar-refractivity contribution is 6.32. The number of amides is 1. The molecule has 134 valence electrons. The Kier molecular flexibility index (Phi) is 4.38. The minimum absolute atomic E-state index is 0.243. The number of rotatable bonds is 3. The van der Waals surface area contributed by atoms with Crippen molar-refractivity contribution < 1.29 is 4.79 Å². The van der Waals surface area contributed by atoms with Gasteiger partial charge in [0.2, 0.25) is 0 Å². The molecule has 5 nitrogen and oxygen atoms in total. The number of benzene rings is 1. The summed E-state index contributed by atoms with van der Waals surface area (Å²) in [5, 5.41) is 3.09. The van der Waals surface area contributed by atoms with E-state index in [-0.39, 0.29) is 11.1 Å². The molecule has 0 fully saturated rings. The summed E-state index contributed by atoms with van der Waals surface area (Å²) in [6, 6.07) is 15.3. The minimum atomic E-state index is -0.293. The largest absolute Gasteiger partial charge is 0.318 e. The summed E-state index contributed by atoms with van der Waals surface area (Å²) in [5.41, 5.74) is 5.30. The Morgan fingerprint density at radius 2 is 1.78 bits per heavy atom. The van der Waals surface area contributed by atoms with Crippen LogP contribution in [0.2, 0.25) is 5.15 Å². The lowest BCUT2D eigenvalue weighted by Gasteiger charge is -2.09. The Balaban J connectivity index is 1.87. The number of imidazole rings is 1. The molecule has 3 aromatic heterocycles. The van der Waals surface area contributed by atoms with Crippen LogP contribution in [-0.2, 0) is 0 Å². The van der Waals surface area contributed by atoms with Gasteiger partial charge >= 0.3 is 0 Å². The topological polar surface area (TPSA) is 59.3 Å². The molecule has 1 N–H and O–H groups in total. The second-order valence-electron chi connectivity index (χ2n) is 6.41. The zero-order valence-electron chi connectivity index (χ0n) is 14.9. The van der Waals surface area contributed by atoms with Crippen LogP contribution in [0.15, 0.2) is 60.9 Å². The van der Waals surface area contributed by atoms with E-state index in [2.05, 4.69) is 10.3 Å². The Morgan fingerprint density at radius 1 is 1.04 bits per heavy atom. The zero-order valence-corrected chi connectivity index (χ0v) is 15.7. The first kappa shape index (κ1) is 17.2. The first-order valence-electron chi connectivity index (χ1n) is 8.50. The molecule has 4 aromatic rings.